The fraction of sp³-hybridized carbons (Fsp3) is 0.571. The summed E-state index contributed by atoms with van der Waals surface area (Å²) in [6, 6.07) is 12.1. The van der Waals surface area contributed by atoms with Crippen molar-refractivity contribution < 1.29 is 4.43 Å². The molecule has 2 heteroatoms. The van der Waals surface area contributed by atoms with Gasteiger partial charge in [-0.3, -0.25) is 0 Å². The van der Waals surface area contributed by atoms with Gasteiger partial charge in [0.25, 0.3) is 0 Å². The highest BCUT2D eigenvalue weighted by Crippen LogP contribution is 2.28. The third kappa shape index (κ3) is 2.88. The summed E-state index contributed by atoms with van der Waals surface area (Å²) in [5.74, 6) is 1.13. The number of para-hydroxylation sites is 1. The van der Waals surface area contributed by atoms with E-state index >= 15 is 0 Å². The van der Waals surface area contributed by atoms with Gasteiger partial charge in [-0.1, -0.05) is 45.9 Å². The molecule has 1 rings (SSSR count). The fourth-order valence-corrected chi connectivity index (χ4v) is 4.69. The van der Waals surface area contributed by atoms with E-state index < -0.39 is 8.32 Å². The minimum atomic E-state index is -1.51. The minimum Gasteiger partial charge on any atom is -0.543 e. The molecule has 0 fully saturated rings. The second-order valence-electron chi connectivity index (χ2n) is 4.31. The minimum absolute atomic E-state index is 1.05. The zero-order chi connectivity index (χ0) is 12.0. The zero-order valence-electron chi connectivity index (χ0n) is 11.0. The van der Waals surface area contributed by atoms with E-state index in [1.54, 1.807) is 0 Å². The third-order valence-corrected chi connectivity index (χ3v) is 8.13. The molecule has 0 aromatic heterocycles. The van der Waals surface area contributed by atoms with Gasteiger partial charge >= 0.3 is 0 Å². The van der Waals surface area contributed by atoms with Gasteiger partial charge in [0.2, 0.25) is 8.32 Å². The molecule has 0 aliphatic heterocycles. The first-order valence-corrected chi connectivity index (χ1v) is 9.01. The topological polar surface area (TPSA) is 9.23 Å². The monoisotopic (exact) mass is 236 g/mol. The van der Waals surface area contributed by atoms with Gasteiger partial charge in [0.1, 0.15) is 5.75 Å². The molecule has 0 heterocycles. The quantitative estimate of drug-likeness (QED) is 0.654. The van der Waals surface area contributed by atoms with Gasteiger partial charge < -0.3 is 4.43 Å². The number of aryl methyl sites for hydroxylation is 1. The highest BCUT2D eigenvalue weighted by Gasteiger charge is 2.31. The van der Waals surface area contributed by atoms with Crippen LogP contribution in [0.25, 0.3) is 0 Å². The second-order valence-corrected chi connectivity index (χ2v) is 9.00. The van der Waals surface area contributed by atoms with Crippen molar-refractivity contribution in [3.63, 3.8) is 0 Å². The summed E-state index contributed by atoms with van der Waals surface area (Å²) in [6.45, 7) is 9.00. The van der Waals surface area contributed by atoms with E-state index in [0.29, 0.717) is 0 Å². The van der Waals surface area contributed by atoms with Crippen molar-refractivity contribution in [3.8, 4) is 5.75 Å². The molecule has 0 saturated heterocycles. The first kappa shape index (κ1) is 13.3. The van der Waals surface area contributed by atoms with Crippen LogP contribution in [0.2, 0.25) is 18.1 Å². The van der Waals surface area contributed by atoms with Crippen molar-refractivity contribution in [1.29, 1.82) is 0 Å². The van der Waals surface area contributed by atoms with E-state index in [2.05, 4.69) is 52.0 Å². The van der Waals surface area contributed by atoms with Crippen LogP contribution in [-0.4, -0.2) is 8.32 Å². The summed E-state index contributed by atoms with van der Waals surface area (Å²) in [5.41, 5.74) is 1.34. The zero-order valence-corrected chi connectivity index (χ0v) is 12.0. The van der Waals surface area contributed by atoms with Gasteiger partial charge in [0.05, 0.1) is 0 Å². The Morgan fingerprint density at radius 1 is 0.938 bits per heavy atom. The summed E-state index contributed by atoms with van der Waals surface area (Å²) in [6.07, 6.45) is 1.05. The normalized spacial score (nSPS) is 11.5. The van der Waals surface area contributed by atoms with E-state index in [0.717, 1.165) is 12.2 Å². The maximum atomic E-state index is 6.41. The molecule has 0 spiro atoms. The van der Waals surface area contributed by atoms with Gasteiger partial charge in [-0.2, -0.15) is 0 Å². The molecule has 0 bridgehead atoms. The molecule has 0 amide bonds. The van der Waals surface area contributed by atoms with E-state index in [9.17, 15) is 0 Å². The number of benzene rings is 1. The molecule has 16 heavy (non-hydrogen) atoms. The van der Waals surface area contributed by atoms with E-state index in [4.69, 9.17) is 4.43 Å². The largest absolute Gasteiger partial charge is 0.543 e. The predicted molar refractivity (Wildman–Crippen MR) is 73.6 cm³/mol. The highest BCUT2D eigenvalue weighted by molar-refractivity contribution is 6.74. The lowest BCUT2D eigenvalue weighted by atomic mass is 10.1. The van der Waals surface area contributed by atoms with Crippen LogP contribution in [-0.2, 0) is 6.42 Å². The van der Waals surface area contributed by atoms with Crippen molar-refractivity contribution in [2.45, 2.75) is 52.2 Å². The Kier molecular flexibility index (Phi) is 5.06. The van der Waals surface area contributed by atoms with Gasteiger partial charge in [0, 0.05) is 0 Å². The third-order valence-electron chi connectivity index (χ3n) is 3.61. The highest BCUT2D eigenvalue weighted by atomic mass is 28.4. The summed E-state index contributed by atoms with van der Waals surface area (Å²) < 4.78 is 6.41. The number of rotatable bonds is 6. The van der Waals surface area contributed by atoms with Gasteiger partial charge in [-0.25, -0.2) is 0 Å². The molecule has 0 atom stereocenters. The van der Waals surface area contributed by atoms with Gasteiger partial charge in [-0.15, -0.1) is 0 Å². The molecule has 1 aromatic rings. The van der Waals surface area contributed by atoms with Crippen LogP contribution in [0.3, 0.4) is 0 Å². The maximum absolute atomic E-state index is 6.41. The Labute approximate surface area is 101 Å². The van der Waals surface area contributed by atoms with Crippen LogP contribution in [0, 0.1) is 0 Å². The molecule has 0 saturated carbocycles. The Bertz CT molecular complexity index is 310. The average Bonchev–Trinajstić information content (AvgIpc) is 2.36. The van der Waals surface area contributed by atoms with E-state index in [1.165, 1.54) is 23.7 Å². The summed E-state index contributed by atoms with van der Waals surface area (Å²) in [7, 11) is -1.51. The van der Waals surface area contributed by atoms with Crippen LogP contribution in [0.5, 0.6) is 5.75 Å². The van der Waals surface area contributed by atoms with Gasteiger partial charge in [-0.05, 0) is 36.2 Å². The summed E-state index contributed by atoms with van der Waals surface area (Å²) in [4.78, 5) is 0. The standard InChI is InChI=1S/C14H24OSi/c1-5-13-11-9-10-12-14(13)15-16(6-2,7-3)8-4/h9-12H,5-8H2,1-4H3. The SMILES string of the molecule is CCc1ccccc1O[Si](CC)(CC)CC. The lowest BCUT2D eigenvalue weighted by Crippen LogP contribution is -2.39. The lowest BCUT2D eigenvalue weighted by Gasteiger charge is -2.30. The molecule has 90 valence electrons. The van der Waals surface area contributed by atoms with Crippen LogP contribution in [0.4, 0.5) is 0 Å². The Morgan fingerprint density at radius 2 is 1.50 bits per heavy atom. The molecule has 0 radical (unpaired) electrons. The number of hydrogen-bond donors (Lipinski definition) is 0. The molecule has 0 N–H and O–H groups in total. The Balaban J connectivity index is 2.93. The first-order valence-electron chi connectivity index (χ1n) is 6.48. The summed E-state index contributed by atoms with van der Waals surface area (Å²) in [5, 5.41) is 0. The molecule has 1 nitrogen and oxygen atoms in total. The van der Waals surface area contributed by atoms with Crippen molar-refractivity contribution in [2.24, 2.45) is 0 Å². The van der Waals surface area contributed by atoms with Crippen LogP contribution in [0.15, 0.2) is 24.3 Å². The maximum Gasteiger partial charge on any atom is 0.250 e. The smallest absolute Gasteiger partial charge is 0.250 e. The molecular formula is C14H24OSi. The fourth-order valence-electron chi connectivity index (χ4n) is 2.10. The Morgan fingerprint density at radius 3 is 2.00 bits per heavy atom. The predicted octanol–water partition coefficient (Wildman–Crippen LogP) is 4.63. The lowest BCUT2D eigenvalue weighted by molar-refractivity contribution is 0.525. The summed E-state index contributed by atoms with van der Waals surface area (Å²) >= 11 is 0. The van der Waals surface area contributed by atoms with Crippen molar-refractivity contribution in [2.75, 3.05) is 0 Å². The Hall–Kier alpha value is -0.763. The molecule has 1 aromatic carbocycles. The molecule has 0 aliphatic rings. The van der Waals surface area contributed by atoms with Crippen molar-refractivity contribution in [3.05, 3.63) is 29.8 Å². The van der Waals surface area contributed by atoms with Gasteiger partial charge in [0.15, 0.2) is 0 Å². The van der Waals surface area contributed by atoms with Crippen LogP contribution < -0.4 is 4.43 Å². The van der Waals surface area contributed by atoms with E-state index in [1.807, 2.05) is 0 Å². The molecule has 0 aliphatic carbocycles. The van der Waals surface area contributed by atoms with Crippen molar-refractivity contribution >= 4 is 8.32 Å². The molecular weight excluding hydrogens is 212 g/mol. The van der Waals surface area contributed by atoms with Crippen LogP contribution >= 0.6 is 0 Å². The molecule has 0 unspecified atom stereocenters. The van der Waals surface area contributed by atoms with E-state index in [-0.39, 0.29) is 0 Å². The number of hydrogen-bond acceptors (Lipinski definition) is 1. The average molecular weight is 236 g/mol. The van der Waals surface area contributed by atoms with Crippen LogP contribution in [0.1, 0.15) is 33.3 Å². The first-order chi connectivity index (χ1) is 7.71. The second kappa shape index (κ2) is 6.09. The van der Waals surface area contributed by atoms with Crippen molar-refractivity contribution in [1.82, 2.24) is 0 Å².